The number of rotatable bonds is 2. The van der Waals surface area contributed by atoms with Gasteiger partial charge < -0.3 is 10.8 Å². The fraction of sp³-hybridized carbons (Fsp3) is 0.182. The molecule has 0 saturated carbocycles. The van der Waals surface area contributed by atoms with Gasteiger partial charge in [-0.1, -0.05) is 17.9 Å². The highest BCUT2D eigenvalue weighted by Gasteiger charge is 2.11. The Morgan fingerprint density at radius 1 is 1.53 bits per heavy atom. The van der Waals surface area contributed by atoms with E-state index < -0.39 is 5.97 Å². The zero-order valence-corrected chi connectivity index (χ0v) is 8.92. The third kappa shape index (κ3) is 2.93. The lowest BCUT2D eigenvalue weighted by Gasteiger charge is -2.02. The molecule has 3 nitrogen and oxygen atoms in total. The first-order valence-electron chi connectivity index (χ1n) is 4.38. The molecule has 1 aromatic rings. The minimum absolute atomic E-state index is 0.0733. The molecule has 0 unspecified atom stereocenters. The monoisotopic (exact) mass is 221 g/mol. The van der Waals surface area contributed by atoms with Crippen LogP contribution in [0.15, 0.2) is 18.2 Å². The number of nitrogen functional groups attached to an aromatic ring is 1. The number of carbonyl (C=O) groups is 1. The van der Waals surface area contributed by atoms with E-state index in [0.717, 1.165) is 0 Å². The molecule has 0 aliphatic carbocycles. The molecule has 3 N–H and O–H groups in total. The summed E-state index contributed by atoms with van der Waals surface area (Å²) in [4.78, 5) is 10.9. The van der Waals surface area contributed by atoms with Crippen molar-refractivity contribution >= 4 is 24.3 Å². The van der Waals surface area contributed by atoms with Gasteiger partial charge in [0.1, 0.15) is 0 Å². The van der Waals surface area contributed by atoms with Crippen LogP contribution in [0.2, 0.25) is 0 Å². The van der Waals surface area contributed by atoms with E-state index in [1.54, 1.807) is 18.2 Å². The molecule has 0 atom stereocenters. The Hall–Kier alpha value is -1.60. The topological polar surface area (TPSA) is 63.3 Å². The van der Waals surface area contributed by atoms with E-state index in [-0.39, 0.29) is 11.3 Å². The number of benzene rings is 1. The quantitative estimate of drug-likeness (QED) is 0.404. The minimum Gasteiger partial charge on any atom is -0.478 e. The summed E-state index contributed by atoms with van der Waals surface area (Å²) in [6, 6.07) is 4.88. The average Bonchev–Trinajstić information content (AvgIpc) is 2.17. The number of thiol groups is 1. The van der Waals surface area contributed by atoms with Gasteiger partial charge >= 0.3 is 5.97 Å². The van der Waals surface area contributed by atoms with E-state index in [0.29, 0.717) is 17.7 Å². The highest BCUT2D eigenvalue weighted by atomic mass is 32.1. The van der Waals surface area contributed by atoms with Crippen molar-refractivity contribution in [3.8, 4) is 11.8 Å². The van der Waals surface area contributed by atoms with Crippen LogP contribution in [0.25, 0.3) is 0 Å². The molecule has 0 spiro atoms. The van der Waals surface area contributed by atoms with Crippen molar-refractivity contribution in [2.75, 3.05) is 11.5 Å². The molecule has 1 aromatic carbocycles. The minimum atomic E-state index is -1.05. The maximum atomic E-state index is 10.9. The standard InChI is InChI=1S/C11H11NO2S/c12-9-6-3-5-8(4-1-2-7-15)10(9)11(13)14/h3,5-6,15H,2,7,12H2,(H,13,14). The third-order valence-electron chi connectivity index (χ3n) is 1.77. The molecule has 4 heteroatoms. The third-order valence-corrected chi connectivity index (χ3v) is 1.99. The normalized spacial score (nSPS) is 9.13. The lowest BCUT2D eigenvalue weighted by atomic mass is 10.1. The second-order valence-corrected chi connectivity index (χ2v) is 3.30. The number of hydrogen-bond donors (Lipinski definition) is 3. The van der Waals surface area contributed by atoms with Gasteiger partial charge in [0.05, 0.1) is 5.56 Å². The molecular weight excluding hydrogens is 210 g/mol. The van der Waals surface area contributed by atoms with Gasteiger partial charge in [0.15, 0.2) is 0 Å². The summed E-state index contributed by atoms with van der Waals surface area (Å²) in [5.41, 5.74) is 6.32. The molecule has 0 saturated heterocycles. The smallest absolute Gasteiger partial charge is 0.339 e. The number of carboxylic acids is 1. The first kappa shape index (κ1) is 11.5. The zero-order chi connectivity index (χ0) is 11.3. The Morgan fingerprint density at radius 2 is 2.27 bits per heavy atom. The van der Waals surface area contributed by atoms with E-state index in [4.69, 9.17) is 10.8 Å². The van der Waals surface area contributed by atoms with Crippen LogP contribution < -0.4 is 5.73 Å². The largest absolute Gasteiger partial charge is 0.478 e. The maximum absolute atomic E-state index is 10.9. The molecule has 0 aromatic heterocycles. The Bertz CT molecular complexity index is 432. The predicted molar refractivity (Wildman–Crippen MR) is 63.2 cm³/mol. The lowest BCUT2D eigenvalue weighted by molar-refractivity contribution is 0.0698. The molecular formula is C11H11NO2S. The molecule has 0 bridgehead atoms. The molecule has 0 radical (unpaired) electrons. The first-order valence-corrected chi connectivity index (χ1v) is 5.01. The van der Waals surface area contributed by atoms with Gasteiger partial charge in [-0.15, -0.1) is 0 Å². The summed E-state index contributed by atoms with van der Waals surface area (Å²) in [5.74, 6) is 5.20. The fourth-order valence-corrected chi connectivity index (χ4v) is 1.24. The van der Waals surface area contributed by atoms with Gasteiger partial charge in [0.25, 0.3) is 0 Å². The maximum Gasteiger partial charge on any atom is 0.339 e. The van der Waals surface area contributed by atoms with Crippen molar-refractivity contribution in [3.63, 3.8) is 0 Å². The summed E-state index contributed by atoms with van der Waals surface area (Å²) in [7, 11) is 0. The van der Waals surface area contributed by atoms with Crippen LogP contribution in [-0.4, -0.2) is 16.8 Å². The van der Waals surface area contributed by atoms with Crippen LogP contribution in [0.1, 0.15) is 22.3 Å². The van der Waals surface area contributed by atoms with Gasteiger partial charge in [-0.05, 0) is 12.1 Å². The number of anilines is 1. The van der Waals surface area contributed by atoms with Gasteiger partial charge in [-0.25, -0.2) is 4.79 Å². The molecule has 0 heterocycles. The molecule has 0 fully saturated rings. The zero-order valence-electron chi connectivity index (χ0n) is 8.03. The van der Waals surface area contributed by atoms with Gasteiger partial charge in [0.2, 0.25) is 0 Å². The molecule has 15 heavy (non-hydrogen) atoms. The SMILES string of the molecule is Nc1cccc(C#CCCS)c1C(=O)O. The molecule has 0 amide bonds. The second-order valence-electron chi connectivity index (χ2n) is 2.85. The van der Waals surface area contributed by atoms with E-state index in [1.807, 2.05) is 0 Å². The van der Waals surface area contributed by atoms with E-state index in [2.05, 4.69) is 24.5 Å². The Morgan fingerprint density at radius 3 is 2.87 bits per heavy atom. The summed E-state index contributed by atoms with van der Waals surface area (Å²) >= 11 is 4.01. The molecule has 0 aliphatic rings. The van der Waals surface area contributed by atoms with Crippen molar-refractivity contribution in [2.45, 2.75) is 6.42 Å². The Labute approximate surface area is 93.7 Å². The lowest BCUT2D eigenvalue weighted by Crippen LogP contribution is -2.05. The number of aromatic carboxylic acids is 1. The van der Waals surface area contributed by atoms with Crippen molar-refractivity contribution in [1.29, 1.82) is 0 Å². The van der Waals surface area contributed by atoms with Gasteiger partial charge in [-0.2, -0.15) is 12.6 Å². The first-order chi connectivity index (χ1) is 7.16. The van der Waals surface area contributed by atoms with Crippen molar-refractivity contribution in [3.05, 3.63) is 29.3 Å². The van der Waals surface area contributed by atoms with Crippen molar-refractivity contribution < 1.29 is 9.90 Å². The Balaban J connectivity index is 3.13. The van der Waals surface area contributed by atoms with Crippen LogP contribution in [0, 0.1) is 11.8 Å². The molecule has 1 rings (SSSR count). The number of hydrogen-bond acceptors (Lipinski definition) is 3. The molecule has 78 valence electrons. The van der Waals surface area contributed by atoms with Gasteiger partial charge in [-0.3, -0.25) is 0 Å². The van der Waals surface area contributed by atoms with Gasteiger partial charge in [0, 0.05) is 23.4 Å². The highest BCUT2D eigenvalue weighted by Crippen LogP contribution is 2.15. The van der Waals surface area contributed by atoms with Crippen LogP contribution in [0.5, 0.6) is 0 Å². The number of nitrogens with two attached hydrogens (primary N) is 1. The van der Waals surface area contributed by atoms with Crippen LogP contribution in [-0.2, 0) is 0 Å². The van der Waals surface area contributed by atoms with E-state index in [9.17, 15) is 4.79 Å². The van der Waals surface area contributed by atoms with Crippen LogP contribution in [0.4, 0.5) is 5.69 Å². The summed E-state index contributed by atoms with van der Waals surface area (Å²) in [6.07, 6.45) is 0.622. The van der Waals surface area contributed by atoms with E-state index in [1.165, 1.54) is 0 Å². The van der Waals surface area contributed by atoms with Crippen molar-refractivity contribution in [2.24, 2.45) is 0 Å². The second kappa shape index (κ2) is 5.32. The van der Waals surface area contributed by atoms with E-state index >= 15 is 0 Å². The summed E-state index contributed by atoms with van der Waals surface area (Å²) < 4.78 is 0. The number of carboxylic acid groups (broad SMARTS) is 1. The molecule has 0 aliphatic heterocycles. The fourth-order valence-electron chi connectivity index (χ4n) is 1.13. The summed E-state index contributed by atoms with van der Waals surface area (Å²) in [5, 5.41) is 8.94. The highest BCUT2D eigenvalue weighted by molar-refractivity contribution is 7.80. The van der Waals surface area contributed by atoms with Crippen molar-refractivity contribution in [1.82, 2.24) is 0 Å². The Kier molecular flexibility index (Phi) is 4.07. The van der Waals surface area contributed by atoms with Crippen LogP contribution >= 0.6 is 12.6 Å². The average molecular weight is 221 g/mol. The van der Waals surface area contributed by atoms with Crippen LogP contribution in [0.3, 0.4) is 0 Å². The predicted octanol–water partition coefficient (Wildman–Crippen LogP) is 1.64. The summed E-state index contributed by atoms with van der Waals surface area (Å²) in [6.45, 7) is 0.